The summed E-state index contributed by atoms with van der Waals surface area (Å²) >= 11 is 0. The Kier molecular flexibility index (Phi) is 7.94. The van der Waals surface area contributed by atoms with Gasteiger partial charge in [0.25, 0.3) is 0 Å². The standard InChI is InChI=1S/C31H34N2O5/c1-37-27-17-16-23-19-33(30(34)28(22-12-6-3-7-13-22)32-24-14-8-9-15-24)26(31(35)36)18-25(23)29(27)38-20-21-10-4-2-5-11-21/h2-7,10-13,16-17,24,26,28,32H,8-9,14-15,18-20H2,1H3,(H,35,36)/t26-,28-/m1/s1. The van der Waals surface area contributed by atoms with Crippen molar-refractivity contribution in [2.75, 3.05) is 7.11 Å². The maximum absolute atomic E-state index is 14.1. The molecule has 3 aromatic carbocycles. The van der Waals surface area contributed by atoms with Crippen LogP contribution in [0.1, 0.15) is 54.0 Å². The zero-order valence-corrected chi connectivity index (χ0v) is 21.6. The van der Waals surface area contributed by atoms with Crippen LogP contribution in [0.3, 0.4) is 0 Å². The summed E-state index contributed by atoms with van der Waals surface area (Å²) in [4.78, 5) is 28.1. The molecule has 1 fully saturated rings. The number of hydrogen-bond acceptors (Lipinski definition) is 5. The van der Waals surface area contributed by atoms with Crippen molar-refractivity contribution >= 4 is 11.9 Å². The lowest BCUT2D eigenvalue weighted by Crippen LogP contribution is -2.53. The topological polar surface area (TPSA) is 88.1 Å². The Morgan fingerprint density at radius 2 is 1.68 bits per heavy atom. The van der Waals surface area contributed by atoms with Crippen LogP contribution in [0.2, 0.25) is 0 Å². The van der Waals surface area contributed by atoms with Crippen LogP contribution in [0.4, 0.5) is 0 Å². The SMILES string of the molecule is COc1ccc2c(c1OCc1ccccc1)C[C@H](C(=O)O)N(C(=O)[C@H](NC1CCCC1)c1ccccc1)C2. The van der Waals surface area contributed by atoms with Gasteiger partial charge in [-0.1, -0.05) is 79.6 Å². The molecule has 2 atom stereocenters. The summed E-state index contributed by atoms with van der Waals surface area (Å²) in [6.07, 6.45) is 4.45. The maximum Gasteiger partial charge on any atom is 0.326 e. The minimum Gasteiger partial charge on any atom is -0.493 e. The number of carboxylic acid groups (broad SMARTS) is 1. The van der Waals surface area contributed by atoms with Gasteiger partial charge in [0.05, 0.1) is 7.11 Å². The Balaban J connectivity index is 1.46. The van der Waals surface area contributed by atoms with Crippen molar-refractivity contribution in [3.63, 3.8) is 0 Å². The van der Waals surface area contributed by atoms with E-state index < -0.39 is 18.1 Å². The molecule has 0 radical (unpaired) electrons. The first-order valence-electron chi connectivity index (χ1n) is 13.2. The van der Waals surface area contributed by atoms with Crippen molar-refractivity contribution in [3.05, 3.63) is 95.1 Å². The van der Waals surface area contributed by atoms with Crippen LogP contribution in [0, 0.1) is 0 Å². The molecule has 2 N–H and O–H groups in total. The molecule has 0 aromatic heterocycles. The number of nitrogens with zero attached hydrogens (tertiary/aromatic N) is 1. The summed E-state index contributed by atoms with van der Waals surface area (Å²) in [6, 6.07) is 21.8. The highest BCUT2D eigenvalue weighted by Crippen LogP contribution is 2.39. The third kappa shape index (κ3) is 5.53. The van der Waals surface area contributed by atoms with Gasteiger partial charge in [0.2, 0.25) is 5.91 Å². The third-order valence-corrected chi connectivity index (χ3v) is 7.59. The Hall–Kier alpha value is -3.84. The van der Waals surface area contributed by atoms with Gasteiger partial charge in [0.15, 0.2) is 11.5 Å². The Labute approximate surface area is 223 Å². The van der Waals surface area contributed by atoms with Gasteiger partial charge in [-0.2, -0.15) is 0 Å². The number of rotatable bonds is 9. The fourth-order valence-electron chi connectivity index (χ4n) is 5.57. The molecule has 0 unspecified atom stereocenters. The van der Waals surface area contributed by atoms with Gasteiger partial charge in [-0.3, -0.25) is 10.1 Å². The number of ether oxygens (including phenoxy) is 2. The van der Waals surface area contributed by atoms with Gasteiger partial charge in [0.1, 0.15) is 18.7 Å². The van der Waals surface area contributed by atoms with Crippen LogP contribution in [0.15, 0.2) is 72.8 Å². The smallest absolute Gasteiger partial charge is 0.326 e. The van der Waals surface area contributed by atoms with Crippen molar-refractivity contribution < 1.29 is 24.2 Å². The normalized spacial score (nSPS) is 18.0. The van der Waals surface area contributed by atoms with Crippen molar-refractivity contribution in [1.82, 2.24) is 10.2 Å². The molecule has 1 amide bonds. The second-order valence-electron chi connectivity index (χ2n) is 10.0. The lowest BCUT2D eigenvalue weighted by molar-refractivity contribution is -0.152. The van der Waals surface area contributed by atoms with Gasteiger partial charge in [-0.05, 0) is 35.6 Å². The van der Waals surface area contributed by atoms with Crippen LogP contribution in [0.25, 0.3) is 0 Å². The number of amides is 1. The maximum atomic E-state index is 14.1. The van der Waals surface area contributed by atoms with E-state index in [1.165, 1.54) is 4.90 Å². The van der Waals surface area contributed by atoms with Crippen LogP contribution in [0.5, 0.6) is 11.5 Å². The zero-order chi connectivity index (χ0) is 26.5. The van der Waals surface area contributed by atoms with Gasteiger partial charge in [-0.25, -0.2) is 4.79 Å². The average Bonchev–Trinajstić information content (AvgIpc) is 3.48. The fourth-order valence-corrected chi connectivity index (χ4v) is 5.57. The number of carboxylic acids is 1. The number of nitrogens with one attached hydrogen (secondary N) is 1. The molecule has 3 aromatic rings. The minimum absolute atomic E-state index is 0.142. The number of methoxy groups -OCH3 is 1. The lowest BCUT2D eigenvalue weighted by Gasteiger charge is -2.38. The summed E-state index contributed by atoms with van der Waals surface area (Å²) in [6.45, 7) is 0.516. The molecule has 198 valence electrons. The molecule has 1 heterocycles. The first kappa shape index (κ1) is 25.8. The molecule has 1 saturated carbocycles. The second kappa shape index (κ2) is 11.7. The summed E-state index contributed by atoms with van der Waals surface area (Å²) in [5.74, 6) is -0.165. The minimum atomic E-state index is -1.03. The molecule has 1 aliphatic carbocycles. The van der Waals surface area contributed by atoms with E-state index in [4.69, 9.17) is 9.47 Å². The number of benzene rings is 3. The Bertz CT molecular complexity index is 1260. The average molecular weight is 515 g/mol. The largest absolute Gasteiger partial charge is 0.493 e. The van der Waals surface area contributed by atoms with E-state index >= 15 is 0 Å². The van der Waals surface area contributed by atoms with Gasteiger partial charge in [0, 0.05) is 24.6 Å². The number of carbonyl (C=O) groups is 2. The Morgan fingerprint density at radius 3 is 2.34 bits per heavy atom. The molecule has 5 rings (SSSR count). The van der Waals surface area contributed by atoms with E-state index in [-0.39, 0.29) is 24.9 Å². The van der Waals surface area contributed by atoms with Gasteiger partial charge in [-0.15, -0.1) is 0 Å². The van der Waals surface area contributed by atoms with E-state index in [0.717, 1.165) is 47.9 Å². The molecule has 0 spiro atoms. The van der Waals surface area contributed by atoms with Gasteiger partial charge < -0.3 is 19.5 Å². The van der Waals surface area contributed by atoms with E-state index in [2.05, 4.69) is 5.32 Å². The van der Waals surface area contributed by atoms with Crippen molar-refractivity contribution in [2.45, 2.75) is 63.4 Å². The van der Waals surface area contributed by atoms with Gasteiger partial charge >= 0.3 is 5.97 Å². The molecule has 2 aliphatic rings. The summed E-state index contributed by atoms with van der Waals surface area (Å²) < 4.78 is 11.8. The summed E-state index contributed by atoms with van der Waals surface area (Å²) in [7, 11) is 1.57. The summed E-state index contributed by atoms with van der Waals surface area (Å²) in [5, 5.41) is 13.8. The van der Waals surface area contributed by atoms with Crippen molar-refractivity contribution in [1.29, 1.82) is 0 Å². The van der Waals surface area contributed by atoms with Crippen LogP contribution in [-0.2, 0) is 29.2 Å². The van der Waals surface area contributed by atoms with Crippen LogP contribution < -0.4 is 14.8 Å². The van der Waals surface area contributed by atoms with Crippen LogP contribution in [-0.4, -0.2) is 41.1 Å². The van der Waals surface area contributed by atoms with E-state index in [9.17, 15) is 14.7 Å². The monoisotopic (exact) mass is 514 g/mol. The van der Waals surface area contributed by atoms with E-state index in [1.807, 2.05) is 72.8 Å². The molecule has 0 saturated heterocycles. The number of aliphatic carboxylic acids is 1. The summed E-state index contributed by atoms with van der Waals surface area (Å²) in [5.41, 5.74) is 3.49. The molecule has 1 aliphatic heterocycles. The number of hydrogen-bond donors (Lipinski definition) is 2. The lowest BCUT2D eigenvalue weighted by atomic mass is 9.91. The predicted molar refractivity (Wildman–Crippen MR) is 144 cm³/mol. The van der Waals surface area contributed by atoms with Crippen molar-refractivity contribution in [3.8, 4) is 11.5 Å². The first-order chi connectivity index (χ1) is 18.5. The molecule has 0 bridgehead atoms. The highest BCUT2D eigenvalue weighted by Gasteiger charge is 2.40. The number of fused-ring (bicyclic) bond motifs is 1. The number of carbonyl (C=O) groups excluding carboxylic acids is 1. The predicted octanol–water partition coefficient (Wildman–Crippen LogP) is 4.89. The first-order valence-corrected chi connectivity index (χ1v) is 13.2. The highest BCUT2D eigenvalue weighted by atomic mass is 16.5. The molecular weight excluding hydrogens is 480 g/mol. The fraction of sp³-hybridized carbons (Fsp3) is 0.355. The molecule has 7 heteroatoms. The second-order valence-corrected chi connectivity index (χ2v) is 10.0. The van der Waals surface area contributed by atoms with Crippen LogP contribution >= 0.6 is 0 Å². The quantitative estimate of drug-likeness (QED) is 0.423. The molecular formula is C31H34N2O5. The molecule has 38 heavy (non-hydrogen) atoms. The van der Waals surface area contributed by atoms with Crippen molar-refractivity contribution in [2.24, 2.45) is 0 Å². The van der Waals surface area contributed by atoms with E-state index in [1.54, 1.807) is 7.11 Å². The zero-order valence-electron chi connectivity index (χ0n) is 21.6. The van der Waals surface area contributed by atoms with E-state index in [0.29, 0.717) is 18.1 Å². The third-order valence-electron chi connectivity index (χ3n) is 7.59. The molecule has 7 nitrogen and oxygen atoms in total. The highest BCUT2D eigenvalue weighted by molar-refractivity contribution is 5.89. The Morgan fingerprint density at radius 1 is 1.00 bits per heavy atom.